The average Bonchev–Trinajstić information content (AvgIpc) is 2.90. The van der Waals surface area contributed by atoms with Gasteiger partial charge in [-0.15, -0.1) is 0 Å². The summed E-state index contributed by atoms with van der Waals surface area (Å²) in [5, 5.41) is 0. The minimum absolute atomic E-state index is 0.309. The Labute approximate surface area is 229 Å². The van der Waals surface area contributed by atoms with Crippen molar-refractivity contribution in [2.45, 2.75) is 92.9 Å². The van der Waals surface area contributed by atoms with E-state index in [1.165, 1.54) is 16.7 Å². The van der Waals surface area contributed by atoms with Crippen molar-refractivity contribution in [1.82, 2.24) is 0 Å². The third-order valence-corrected chi connectivity index (χ3v) is 7.43. The van der Waals surface area contributed by atoms with Gasteiger partial charge in [0.05, 0.1) is 0 Å². The van der Waals surface area contributed by atoms with E-state index >= 15 is 0 Å². The van der Waals surface area contributed by atoms with Crippen LogP contribution in [0.1, 0.15) is 104 Å². The molecule has 0 spiro atoms. The Morgan fingerprint density at radius 1 is 0.711 bits per heavy atom. The first-order valence-corrected chi connectivity index (χ1v) is 13.6. The zero-order valence-corrected chi connectivity index (χ0v) is 24.4. The van der Waals surface area contributed by atoms with Crippen LogP contribution in [0.4, 0.5) is 0 Å². The van der Waals surface area contributed by atoms with Crippen LogP contribution in [-0.2, 0) is 9.59 Å². The summed E-state index contributed by atoms with van der Waals surface area (Å²) >= 11 is 0. The van der Waals surface area contributed by atoms with Crippen LogP contribution in [0.15, 0.2) is 83.0 Å². The molecule has 0 radical (unpaired) electrons. The monoisotopic (exact) mass is 516 g/mol. The molecule has 0 aliphatic rings. The predicted molar refractivity (Wildman–Crippen MR) is 157 cm³/mol. The number of benzene rings is 2. The third kappa shape index (κ3) is 8.86. The Morgan fingerprint density at radius 3 is 1.68 bits per heavy atom. The van der Waals surface area contributed by atoms with Gasteiger partial charge in [0, 0.05) is 11.1 Å². The van der Waals surface area contributed by atoms with Crippen LogP contribution in [0, 0.1) is 0 Å². The van der Waals surface area contributed by atoms with Crippen LogP contribution in [0.3, 0.4) is 0 Å². The number of esters is 2. The number of rotatable bonds is 12. The fourth-order valence-electron chi connectivity index (χ4n) is 4.30. The Hall–Kier alpha value is -3.40. The van der Waals surface area contributed by atoms with Gasteiger partial charge in [-0.3, -0.25) is 0 Å². The van der Waals surface area contributed by atoms with Gasteiger partial charge in [-0.2, -0.15) is 0 Å². The second-order valence-electron chi connectivity index (χ2n) is 10.5. The Kier molecular flexibility index (Phi) is 11.8. The molecule has 2 atom stereocenters. The van der Waals surface area contributed by atoms with E-state index in [2.05, 4.69) is 44.7 Å². The molecule has 4 heteroatoms. The molecule has 4 nitrogen and oxygen atoms in total. The standard InChI is InChI=1S/C34H44O4/c1-10-28(30-16-20-31(21-17-30)37-33(35)23(4)5)13-11-12-24(6)29-14-18-32(19-15-29)38-34(36)27(9)26(8)25(7)22(2)3/h14-21,24,28H,4,10-13H2,1-3,5-9H3/b27-26+. The van der Waals surface area contributed by atoms with E-state index in [-0.39, 0.29) is 5.97 Å². The Morgan fingerprint density at radius 2 is 1.21 bits per heavy atom. The van der Waals surface area contributed by atoms with Crippen molar-refractivity contribution in [2.24, 2.45) is 0 Å². The van der Waals surface area contributed by atoms with E-state index < -0.39 is 5.97 Å². The lowest BCUT2D eigenvalue weighted by molar-refractivity contribution is -0.131. The zero-order chi connectivity index (χ0) is 28.4. The van der Waals surface area contributed by atoms with Crippen LogP contribution in [0.5, 0.6) is 11.5 Å². The maximum Gasteiger partial charge on any atom is 0.339 e. The summed E-state index contributed by atoms with van der Waals surface area (Å²) in [6.07, 6.45) is 4.33. The smallest absolute Gasteiger partial charge is 0.339 e. The highest BCUT2D eigenvalue weighted by atomic mass is 16.5. The topological polar surface area (TPSA) is 52.6 Å². The van der Waals surface area contributed by atoms with Gasteiger partial charge in [0.15, 0.2) is 0 Å². The van der Waals surface area contributed by atoms with Crippen LogP contribution >= 0.6 is 0 Å². The number of ether oxygens (including phenoxy) is 2. The van der Waals surface area contributed by atoms with Crippen molar-refractivity contribution in [2.75, 3.05) is 0 Å². The molecule has 0 N–H and O–H groups in total. The van der Waals surface area contributed by atoms with Crippen LogP contribution in [-0.4, -0.2) is 11.9 Å². The van der Waals surface area contributed by atoms with Crippen molar-refractivity contribution in [3.05, 3.63) is 94.1 Å². The fraction of sp³-hybridized carbons (Fsp3) is 0.412. The molecule has 0 bridgehead atoms. The molecule has 0 aliphatic heterocycles. The number of allylic oxidation sites excluding steroid dienone is 3. The molecule has 0 amide bonds. The lowest BCUT2D eigenvalue weighted by atomic mass is 9.88. The summed E-state index contributed by atoms with van der Waals surface area (Å²) < 4.78 is 10.9. The van der Waals surface area contributed by atoms with Gasteiger partial charge in [0.2, 0.25) is 0 Å². The molecule has 38 heavy (non-hydrogen) atoms. The number of hydrogen-bond acceptors (Lipinski definition) is 4. The quantitative estimate of drug-likeness (QED) is 0.122. The minimum Gasteiger partial charge on any atom is -0.423 e. The lowest BCUT2D eigenvalue weighted by Crippen LogP contribution is -2.11. The molecular weight excluding hydrogens is 472 g/mol. The molecular formula is C34H44O4. The fourth-order valence-corrected chi connectivity index (χ4v) is 4.30. The van der Waals surface area contributed by atoms with Crippen molar-refractivity contribution in [3.63, 3.8) is 0 Å². The Bertz CT molecular complexity index is 1180. The molecule has 0 aromatic heterocycles. The molecule has 0 aliphatic carbocycles. The highest BCUT2D eigenvalue weighted by Gasteiger charge is 2.15. The van der Waals surface area contributed by atoms with Crippen LogP contribution in [0.25, 0.3) is 0 Å². The Balaban J connectivity index is 1.91. The first-order chi connectivity index (χ1) is 17.9. The van der Waals surface area contributed by atoms with E-state index in [0.29, 0.717) is 34.5 Å². The summed E-state index contributed by atoms with van der Waals surface area (Å²) in [7, 11) is 0. The molecule has 204 valence electrons. The van der Waals surface area contributed by atoms with Gasteiger partial charge in [-0.05, 0) is 119 Å². The number of carbonyl (C=O) groups is 2. The largest absolute Gasteiger partial charge is 0.423 e. The van der Waals surface area contributed by atoms with Gasteiger partial charge in [0.1, 0.15) is 11.5 Å². The second-order valence-corrected chi connectivity index (χ2v) is 10.5. The molecule has 0 heterocycles. The van der Waals surface area contributed by atoms with Crippen molar-refractivity contribution < 1.29 is 19.1 Å². The average molecular weight is 517 g/mol. The highest BCUT2D eigenvalue weighted by Crippen LogP contribution is 2.30. The molecule has 0 saturated heterocycles. The lowest BCUT2D eigenvalue weighted by Gasteiger charge is -2.18. The zero-order valence-electron chi connectivity index (χ0n) is 24.4. The minimum atomic E-state index is -0.401. The van der Waals surface area contributed by atoms with E-state index in [1.807, 2.05) is 58.9 Å². The molecule has 2 aromatic rings. The summed E-state index contributed by atoms with van der Waals surface area (Å²) in [6.45, 7) is 19.6. The maximum absolute atomic E-state index is 12.6. The van der Waals surface area contributed by atoms with E-state index in [0.717, 1.165) is 36.8 Å². The first-order valence-electron chi connectivity index (χ1n) is 13.6. The third-order valence-electron chi connectivity index (χ3n) is 7.43. The molecule has 0 fully saturated rings. The van der Waals surface area contributed by atoms with Crippen LogP contribution in [0.2, 0.25) is 0 Å². The summed E-state index contributed by atoms with van der Waals surface area (Å²) in [5.74, 6) is 1.27. The normalized spacial score (nSPS) is 13.2. The molecule has 2 unspecified atom stereocenters. The maximum atomic E-state index is 12.6. The molecule has 0 saturated carbocycles. The number of hydrogen-bond donors (Lipinski definition) is 0. The van der Waals surface area contributed by atoms with Gasteiger partial charge in [0.25, 0.3) is 0 Å². The highest BCUT2D eigenvalue weighted by molar-refractivity contribution is 5.91. The van der Waals surface area contributed by atoms with Crippen molar-refractivity contribution in [1.29, 1.82) is 0 Å². The summed E-state index contributed by atoms with van der Waals surface area (Å²) in [5.41, 5.74) is 6.80. The van der Waals surface area contributed by atoms with Crippen molar-refractivity contribution in [3.8, 4) is 11.5 Å². The van der Waals surface area contributed by atoms with Crippen molar-refractivity contribution >= 4 is 11.9 Å². The molecule has 2 aromatic carbocycles. The predicted octanol–water partition coefficient (Wildman–Crippen LogP) is 9.23. The summed E-state index contributed by atoms with van der Waals surface area (Å²) in [6, 6.07) is 15.7. The van der Waals surface area contributed by atoms with Gasteiger partial charge >= 0.3 is 11.9 Å². The van der Waals surface area contributed by atoms with Gasteiger partial charge in [-0.25, -0.2) is 9.59 Å². The van der Waals surface area contributed by atoms with Gasteiger partial charge < -0.3 is 9.47 Å². The second kappa shape index (κ2) is 14.5. The van der Waals surface area contributed by atoms with Gasteiger partial charge in [-0.1, -0.05) is 56.7 Å². The van der Waals surface area contributed by atoms with E-state index in [4.69, 9.17) is 9.47 Å². The molecule has 2 rings (SSSR count). The summed E-state index contributed by atoms with van der Waals surface area (Å²) in [4.78, 5) is 24.3. The van der Waals surface area contributed by atoms with E-state index in [1.54, 1.807) is 6.92 Å². The SMILES string of the molecule is C=C(C)C(=O)Oc1ccc(C(CC)CCCC(C)c2ccc(OC(=O)/C(C)=C(\C)C(C)=C(C)C)cc2)cc1. The van der Waals surface area contributed by atoms with Crippen LogP contribution < -0.4 is 9.47 Å². The first kappa shape index (κ1) is 30.8. The number of carbonyl (C=O) groups excluding carboxylic acids is 2. The van der Waals surface area contributed by atoms with E-state index in [9.17, 15) is 9.59 Å².